The quantitative estimate of drug-likeness (QED) is 0.366. The number of nitrogens with zero attached hydrogens (tertiary/aromatic N) is 6. The predicted molar refractivity (Wildman–Crippen MR) is 142 cm³/mol. The van der Waals surface area contributed by atoms with Crippen LogP contribution in [-0.4, -0.2) is 41.5 Å². The van der Waals surface area contributed by atoms with E-state index >= 15 is 0 Å². The van der Waals surface area contributed by atoms with E-state index in [9.17, 15) is 14.9 Å². The molecule has 0 aliphatic carbocycles. The van der Waals surface area contributed by atoms with Gasteiger partial charge in [-0.15, -0.1) is 0 Å². The minimum atomic E-state index is -0.707. The second-order valence-electron chi connectivity index (χ2n) is 9.61. The van der Waals surface area contributed by atoms with Crippen molar-refractivity contribution in [1.29, 1.82) is 5.26 Å². The molecule has 0 radical (unpaired) electrons. The molecule has 11 heteroatoms. The Balaban J connectivity index is 1.65. The van der Waals surface area contributed by atoms with Crippen LogP contribution in [0.3, 0.4) is 0 Å². The number of hydrogen-bond donors (Lipinski definition) is 2. The molecule has 0 fully saturated rings. The SMILES string of the molecule is Cn1ncc(-c2ccc3c(=O)[nH]nc(NC(=O)OC(C)(C)C)c3c2)c1-c1cc(-n2cccn2)ccc1C#N. The highest BCUT2D eigenvalue weighted by Crippen LogP contribution is 2.36. The summed E-state index contributed by atoms with van der Waals surface area (Å²) in [6.07, 6.45) is 4.50. The lowest BCUT2D eigenvalue weighted by molar-refractivity contribution is 0.0635. The van der Waals surface area contributed by atoms with Crippen molar-refractivity contribution in [2.45, 2.75) is 26.4 Å². The number of carbonyl (C=O) groups excluding carboxylic acids is 1. The van der Waals surface area contributed by atoms with Gasteiger partial charge in [0.25, 0.3) is 5.56 Å². The van der Waals surface area contributed by atoms with Crippen molar-refractivity contribution in [1.82, 2.24) is 29.8 Å². The number of fused-ring (bicyclic) bond motifs is 1. The fourth-order valence-corrected chi connectivity index (χ4v) is 4.19. The van der Waals surface area contributed by atoms with Crippen LogP contribution < -0.4 is 10.9 Å². The Morgan fingerprint density at radius 1 is 1.11 bits per heavy atom. The van der Waals surface area contributed by atoms with Gasteiger partial charge in [-0.3, -0.25) is 14.8 Å². The van der Waals surface area contributed by atoms with Gasteiger partial charge >= 0.3 is 6.09 Å². The molecule has 5 rings (SSSR count). The number of aryl methyl sites for hydroxylation is 1. The number of carbonyl (C=O) groups is 1. The molecular formula is C27H24N8O3. The number of anilines is 1. The molecule has 3 aromatic heterocycles. The first kappa shape index (κ1) is 24.5. The van der Waals surface area contributed by atoms with Crippen LogP contribution in [0.4, 0.5) is 10.6 Å². The largest absolute Gasteiger partial charge is 0.444 e. The molecule has 11 nitrogen and oxygen atoms in total. The van der Waals surface area contributed by atoms with Gasteiger partial charge in [-0.05, 0) is 62.7 Å². The molecule has 3 heterocycles. The summed E-state index contributed by atoms with van der Waals surface area (Å²) in [6, 6.07) is 14.7. The molecule has 0 bridgehead atoms. The van der Waals surface area contributed by atoms with E-state index in [1.54, 1.807) is 73.8 Å². The fraction of sp³-hybridized carbons (Fsp3) is 0.185. The third-order valence-corrected chi connectivity index (χ3v) is 5.81. The Morgan fingerprint density at radius 3 is 2.63 bits per heavy atom. The van der Waals surface area contributed by atoms with Crippen LogP contribution in [-0.2, 0) is 11.8 Å². The molecule has 0 aliphatic rings. The van der Waals surface area contributed by atoms with Crippen LogP contribution in [0, 0.1) is 11.3 Å². The van der Waals surface area contributed by atoms with Crippen LogP contribution >= 0.6 is 0 Å². The summed E-state index contributed by atoms with van der Waals surface area (Å²) in [5.74, 6) is 0.152. The molecule has 0 spiro atoms. The zero-order chi connectivity index (χ0) is 27.0. The number of nitriles is 1. The number of rotatable bonds is 4. The maximum Gasteiger partial charge on any atom is 0.413 e. The molecule has 1 amide bonds. The van der Waals surface area contributed by atoms with Crippen LogP contribution in [0.5, 0.6) is 0 Å². The van der Waals surface area contributed by atoms with Crippen molar-refractivity contribution in [3.8, 4) is 34.1 Å². The van der Waals surface area contributed by atoms with E-state index in [-0.39, 0.29) is 5.82 Å². The minimum Gasteiger partial charge on any atom is -0.444 e. The predicted octanol–water partition coefficient (Wildman–Crippen LogP) is 4.39. The number of nitrogens with one attached hydrogen (secondary N) is 2. The zero-order valence-corrected chi connectivity index (χ0v) is 21.2. The lowest BCUT2D eigenvalue weighted by Crippen LogP contribution is -2.28. The Kier molecular flexibility index (Phi) is 6.00. The van der Waals surface area contributed by atoms with Gasteiger partial charge in [0.15, 0.2) is 5.82 Å². The van der Waals surface area contributed by atoms with Crippen LogP contribution in [0.25, 0.3) is 38.8 Å². The average molecular weight is 509 g/mol. The first-order valence-electron chi connectivity index (χ1n) is 11.7. The molecule has 0 aliphatic heterocycles. The van der Waals surface area contributed by atoms with Gasteiger partial charge in [-0.25, -0.2) is 14.6 Å². The lowest BCUT2D eigenvalue weighted by Gasteiger charge is -2.19. The highest BCUT2D eigenvalue weighted by molar-refractivity contribution is 6.00. The molecular weight excluding hydrogens is 484 g/mol. The highest BCUT2D eigenvalue weighted by Gasteiger charge is 2.21. The monoisotopic (exact) mass is 508 g/mol. The summed E-state index contributed by atoms with van der Waals surface area (Å²) in [5, 5.41) is 28.5. The molecule has 0 atom stereocenters. The molecule has 38 heavy (non-hydrogen) atoms. The van der Waals surface area contributed by atoms with E-state index in [4.69, 9.17) is 4.74 Å². The van der Waals surface area contributed by atoms with Gasteiger partial charge in [0, 0.05) is 36.0 Å². The van der Waals surface area contributed by atoms with Crippen LogP contribution in [0.15, 0.2) is 65.8 Å². The van der Waals surface area contributed by atoms with Crippen molar-refractivity contribution in [3.63, 3.8) is 0 Å². The lowest BCUT2D eigenvalue weighted by atomic mass is 9.96. The smallest absolute Gasteiger partial charge is 0.413 e. The maximum absolute atomic E-state index is 12.5. The minimum absolute atomic E-state index is 0.152. The highest BCUT2D eigenvalue weighted by atomic mass is 16.6. The maximum atomic E-state index is 12.5. The van der Waals surface area contributed by atoms with Crippen molar-refractivity contribution in [2.75, 3.05) is 5.32 Å². The van der Waals surface area contributed by atoms with Gasteiger partial charge in [0.05, 0.1) is 34.6 Å². The molecule has 2 N–H and O–H groups in total. The zero-order valence-electron chi connectivity index (χ0n) is 21.2. The van der Waals surface area contributed by atoms with Crippen molar-refractivity contribution in [2.24, 2.45) is 7.05 Å². The van der Waals surface area contributed by atoms with Crippen molar-refractivity contribution < 1.29 is 9.53 Å². The normalized spacial score (nSPS) is 11.3. The number of ether oxygens (including phenoxy) is 1. The Hall–Kier alpha value is -5.24. The van der Waals surface area contributed by atoms with E-state index in [1.165, 1.54) is 0 Å². The van der Waals surface area contributed by atoms with Crippen LogP contribution in [0.2, 0.25) is 0 Å². The second-order valence-corrected chi connectivity index (χ2v) is 9.61. The van der Waals surface area contributed by atoms with E-state index in [0.29, 0.717) is 33.2 Å². The number of aromatic nitrogens is 6. The van der Waals surface area contributed by atoms with E-state index in [0.717, 1.165) is 11.3 Å². The summed E-state index contributed by atoms with van der Waals surface area (Å²) >= 11 is 0. The Bertz CT molecular complexity index is 1770. The van der Waals surface area contributed by atoms with Crippen LogP contribution in [0.1, 0.15) is 26.3 Å². The average Bonchev–Trinajstić information content (AvgIpc) is 3.54. The van der Waals surface area contributed by atoms with Crippen molar-refractivity contribution >= 4 is 22.7 Å². The summed E-state index contributed by atoms with van der Waals surface area (Å²) in [5.41, 5.74) is 2.97. The molecule has 190 valence electrons. The second kappa shape index (κ2) is 9.33. The van der Waals surface area contributed by atoms with Gasteiger partial charge < -0.3 is 4.74 Å². The van der Waals surface area contributed by atoms with Crippen molar-refractivity contribution in [3.05, 3.63) is 77.0 Å². The topological polar surface area (TPSA) is 144 Å². The molecule has 5 aromatic rings. The third-order valence-electron chi connectivity index (χ3n) is 5.81. The first-order valence-corrected chi connectivity index (χ1v) is 11.7. The number of aromatic amines is 1. The third kappa shape index (κ3) is 4.62. The van der Waals surface area contributed by atoms with Gasteiger partial charge in [-0.1, -0.05) is 6.07 Å². The number of amides is 1. The summed E-state index contributed by atoms with van der Waals surface area (Å²) in [4.78, 5) is 24.9. The number of benzene rings is 2. The summed E-state index contributed by atoms with van der Waals surface area (Å²) in [6.45, 7) is 5.26. The standard InChI is InChI=1S/C27H24N8O3/c1-27(2,3)38-26(37)31-24-21-12-16(7-9-19(21)25(36)33-32-24)22-15-30-34(4)23(22)20-13-18(8-6-17(20)14-28)35-11-5-10-29-35/h5-13,15H,1-4H3,(H,33,36)(H,31,32,37). The van der Waals surface area contributed by atoms with E-state index < -0.39 is 17.3 Å². The Labute approximate surface area is 217 Å². The molecule has 0 saturated heterocycles. The van der Waals surface area contributed by atoms with E-state index in [2.05, 4.69) is 31.8 Å². The fourth-order valence-electron chi connectivity index (χ4n) is 4.19. The summed E-state index contributed by atoms with van der Waals surface area (Å²) < 4.78 is 8.75. The number of hydrogen-bond acceptors (Lipinski definition) is 7. The molecule has 0 saturated carbocycles. The van der Waals surface area contributed by atoms with Gasteiger partial charge in [0.2, 0.25) is 0 Å². The van der Waals surface area contributed by atoms with Gasteiger partial charge in [-0.2, -0.15) is 20.6 Å². The molecule has 2 aromatic carbocycles. The molecule has 0 unspecified atom stereocenters. The van der Waals surface area contributed by atoms with Gasteiger partial charge in [0.1, 0.15) is 5.60 Å². The van der Waals surface area contributed by atoms with E-state index in [1.807, 2.05) is 24.4 Å². The summed E-state index contributed by atoms with van der Waals surface area (Å²) in [7, 11) is 1.80. The number of H-pyrrole nitrogens is 1. The Morgan fingerprint density at radius 2 is 1.92 bits per heavy atom. The first-order chi connectivity index (χ1) is 18.1.